The first-order valence-electron chi connectivity index (χ1n) is 11.4. The van der Waals surface area contributed by atoms with Crippen molar-refractivity contribution in [2.24, 2.45) is 0 Å². The summed E-state index contributed by atoms with van der Waals surface area (Å²) in [5.74, 6) is -0.186. The molecule has 172 valence electrons. The number of unbranched alkanes of at least 4 members (excludes halogenated alkanes) is 1. The number of halogens is 1. The van der Waals surface area contributed by atoms with Crippen LogP contribution in [0.4, 0.5) is 10.1 Å². The number of carbonyl (C=O) groups is 1. The van der Waals surface area contributed by atoms with E-state index in [1.165, 1.54) is 29.2 Å². The Morgan fingerprint density at radius 3 is 2.59 bits per heavy atom. The summed E-state index contributed by atoms with van der Waals surface area (Å²) in [7, 11) is 0. The normalized spacial score (nSPS) is 15.1. The van der Waals surface area contributed by atoms with Crippen LogP contribution in [0.5, 0.6) is 5.75 Å². The lowest BCUT2D eigenvalue weighted by Crippen LogP contribution is -2.29. The van der Waals surface area contributed by atoms with Gasteiger partial charge in [-0.05, 0) is 67.4 Å². The molecule has 0 saturated carbocycles. The van der Waals surface area contributed by atoms with Crippen LogP contribution in [-0.2, 0) is 0 Å². The molecule has 5 nitrogen and oxygen atoms in total. The van der Waals surface area contributed by atoms with Gasteiger partial charge in [0.2, 0.25) is 5.76 Å². The summed E-state index contributed by atoms with van der Waals surface area (Å²) in [4.78, 5) is 28.8. The van der Waals surface area contributed by atoms with Gasteiger partial charge in [-0.2, -0.15) is 0 Å². The van der Waals surface area contributed by atoms with Gasteiger partial charge in [0.15, 0.2) is 5.43 Å². The third kappa shape index (κ3) is 3.75. The number of carbonyl (C=O) groups excluding carboxylic acids is 1. The van der Waals surface area contributed by atoms with E-state index in [9.17, 15) is 14.0 Å². The molecule has 0 spiro atoms. The fourth-order valence-electron chi connectivity index (χ4n) is 4.38. The molecule has 1 aliphatic rings. The van der Waals surface area contributed by atoms with Gasteiger partial charge in [0.05, 0.1) is 23.6 Å². The van der Waals surface area contributed by atoms with Gasteiger partial charge in [0.1, 0.15) is 17.1 Å². The van der Waals surface area contributed by atoms with E-state index in [1.807, 2.05) is 37.3 Å². The van der Waals surface area contributed by atoms with Crippen LogP contribution in [-0.4, -0.2) is 12.5 Å². The SMILES string of the molecule is CCCCOc1cccc(C2c3c(oc4ccc(C)cc4c3=O)C(=O)N2c2ccc(F)cc2)c1. The highest BCUT2D eigenvalue weighted by Crippen LogP contribution is 2.42. The number of ether oxygens (including phenoxy) is 1. The predicted octanol–water partition coefficient (Wildman–Crippen LogP) is 6.17. The molecule has 3 aromatic carbocycles. The molecule has 6 heteroatoms. The fourth-order valence-corrected chi connectivity index (χ4v) is 4.38. The molecule has 0 N–H and O–H groups in total. The number of aryl methyl sites for hydroxylation is 1. The molecule has 5 rings (SSSR count). The Kier molecular flexibility index (Phi) is 5.65. The molecule has 0 bridgehead atoms. The molecule has 0 radical (unpaired) electrons. The van der Waals surface area contributed by atoms with Crippen LogP contribution in [0.25, 0.3) is 11.0 Å². The molecule has 0 saturated heterocycles. The minimum absolute atomic E-state index is 0.00739. The summed E-state index contributed by atoms with van der Waals surface area (Å²) in [5.41, 5.74) is 2.49. The molecular weight excluding hydrogens is 433 g/mol. The van der Waals surface area contributed by atoms with Crippen molar-refractivity contribution in [1.29, 1.82) is 0 Å². The topological polar surface area (TPSA) is 59.8 Å². The number of amides is 1. The van der Waals surface area contributed by atoms with Crippen LogP contribution >= 0.6 is 0 Å². The van der Waals surface area contributed by atoms with Gasteiger partial charge in [-0.15, -0.1) is 0 Å². The number of anilines is 1. The maximum absolute atomic E-state index is 13.7. The average molecular weight is 458 g/mol. The second-order valence-corrected chi connectivity index (χ2v) is 8.50. The zero-order valence-electron chi connectivity index (χ0n) is 19.0. The second-order valence-electron chi connectivity index (χ2n) is 8.50. The largest absolute Gasteiger partial charge is 0.494 e. The Balaban J connectivity index is 1.71. The molecule has 0 fully saturated rings. The van der Waals surface area contributed by atoms with Gasteiger partial charge in [0.25, 0.3) is 5.91 Å². The molecule has 4 aromatic rings. The van der Waals surface area contributed by atoms with Crippen molar-refractivity contribution in [3.05, 3.63) is 105 Å². The summed E-state index contributed by atoms with van der Waals surface area (Å²) >= 11 is 0. The number of nitrogens with zero attached hydrogens (tertiary/aromatic N) is 1. The van der Waals surface area contributed by atoms with Crippen molar-refractivity contribution < 1.29 is 18.3 Å². The second kappa shape index (κ2) is 8.78. The van der Waals surface area contributed by atoms with E-state index in [4.69, 9.17) is 9.15 Å². The summed E-state index contributed by atoms with van der Waals surface area (Å²) in [5, 5.41) is 0.424. The monoisotopic (exact) mass is 457 g/mol. The minimum atomic E-state index is -0.733. The van der Waals surface area contributed by atoms with Gasteiger partial charge >= 0.3 is 0 Å². The quantitative estimate of drug-likeness (QED) is 0.325. The first-order chi connectivity index (χ1) is 16.5. The Morgan fingerprint density at radius 2 is 1.82 bits per heavy atom. The molecule has 1 amide bonds. The standard InChI is InChI=1S/C28H24FNO4/c1-3-4-14-33-21-7-5-6-18(16-21)25-24-26(31)22-15-17(2)8-13-23(22)34-27(24)28(32)30(25)20-11-9-19(29)10-12-20/h5-13,15-16,25H,3-4,14H2,1-2H3. The molecule has 1 unspecified atom stereocenters. The van der Waals surface area contributed by atoms with E-state index in [2.05, 4.69) is 6.92 Å². The Bertz CT molecular complexity index is 1440. The van der Waals surface area contributed by atoms with Gasteiger partial charge < -0.3 is 9.15 Å². The number of hydrogen-bond acceptors (Lipinski definition) is 4. The lowest BCUT2D eigenvalue weighted by atomic mass is 9.97. The first kappa shape index (κ1) is 21.9. The van der Waals surface area contributed by atoms with Crippen LogP contribution in [0, 0.1) is 12.7 Å². The maximum Gasteiger partial charge on any atom is 0.295 e. The van der Waals surface area contributed by atoms with Gasteiger partial charge in [-0.25, -0.2) is 4.39 Å². The van der Waals surface area contributed by atoms with Crippen LogP contribution < -0.4 is 15.1 Å². The predicted molar refractivity (Wildman–Crippen MR) is 129 cm³/mol. The number of hydrogen-bond donors (Lipinski definition) is 0. The van der Waals surface area contributed by atoms with Crippen LogP contribution in [0.3, 0.4) is 0 Å². The smallest absolute Gasteiger partial charge is 0.295 e. The van der Waals surface area contributed by atoms with Crippen molar-refractivity contribution in [1.82, 2.24) is 0 Å². The van der Waals surface area contributed by atoms with Crippen LogP contribution in [0.1, 0.15) is 53.1 Å². The molecule has 0 aliphatic carbocycles. The van der Waals surface area contributed by atoms with E-state index in [0.717, 1.165) is 18.4 Å². The Morgan fingerprint density at radius 1 is 1.03 bits per heavy atom. The Hall–Kier alpha value is -3.93. The van der Waals surface area contributed by atoms with E-state index in [1.54, 1.807) is 12.1 Å². The molecule has 1 atom stereocenters. The van der Waals surface area contributed by atoms with Gasteiger partial charge in [-0.1, -0.05) is 37.1 Å². The van der Waals surface area contributed by atoms with Crippen LogP contribution in [0.2, 0.25) is 0 Å². The van der Waals surface area contributed by atoms with Crippen molar-refractivity contribution in [2.45, 2.75) is 32.7 Å². The number of benzene rings is 3. The highest BCUT2D eigenvalue weighted by atomic mass is 19.1. The molecular formula is C28H24FNO4. The van der Waals surface area contributed by atoms with Crippen LogP contribution in [0.15, 0.2) is 75.9 Å². The molecule has 1 aromatic heterocycles. The third-order valence-electron chi connectivity index (χ3n) is 6.07. The maximum atomic E-state index is 13.7. The minimum Gasteiger partial charge on any atom is -0.494 e. The Labute approximate surface area is 196 Å². The lowest BCUT2D eigenvalue weighted by molar-refractivity contribution is 0.0971. The average Bonchev–Trinajstić information content (AvgIpc) is 3.13. The van der Waals surface area contributed by atoms with Crippen molar-refractivity contribution >= 4 is 22.6 Å². The van der Waals surface area contributed by atoms with E-state index >= 15 is 0 Å². The zero-order chi connectivity index (χ0) is 23.8. The van der Waals surface area contributed by atoms with Crippen molar-refractivity contribution in [3.63, 3.8) is 0 Å². The molecule has 2 heterocycles. The summed E-state index contributed by atoms with van der Waals surface area (Å²) in [6.07, 6.45) is 1.93. The van der Waals surface area contributed by atoms with Gasteiger partial charge in [0, 0.05) is 5.69 Å². The van der Waals surface area contributed by atoms with Crippen molar-refractivity contribution in [3.8, 4) is 5.75 Å². The lowest BCUT2D eigenvalue weighted by Gasteiger charge is -2.25. The highest BCUT2D eigenvalue weighted by molar-refractivity contribution is 6.10. The number of rotatable bonds is 6. The summed E-state index contributed by atoms with van der Waals surface area (Å²) < 4.78 is 25.5. The summed E-state index contributed by atoms with van der Waals surface area (Å²) in [6, 6.07) is 17.6. The van der Waals surface area contributed by atoms with E-state index < -0.39 is 17.8 Å². The molecule has 1 aliphatic heterocycles. The summed E-state index contributed by atoms with van der Waals surface area (Å²) in [6.45, 7) is 4.57. The van der Waals surface area contributed by atoms with E-state index in [-0.39, 0.29) is 16.8 Å². The third-order valence-corrected chi connectivity index (χ3v) is 6.07. The van der Waals surface area contributed by atoms with E-state index in [0.29, 0.717) is 34.6 Å². The fraction of sp³-hybridized carbons (Fsp3) is 0.214. The highest BCUT2D eigenvalue weighted by Gasteiger charge is 2.43. The molecule has 34 heavy (non-hydrogen) atoms. The van der Waals surface area contributed by atoms with Gasteiger partial charge in [-0.3, -0.25) is 14.5 Å². The van der Waals surface area contributed by atoms with Crippen molar-refractivity contribution in [2.75, 3.05) is 11.5 Å². The first-order valence-corrected chi connectivity index (χ1v) is 11.4. The zero-order valence-corrected chi connectivity index (χ0v) is 19.0. The number of fused-ring (bicyclic) bond motifs is 2.